The van der Waals surface area contributed by atoms with Gasteiger partial charge in [-0.3, -0.25) is 5.32 Å². The number of hydrogen-bond donors (Lipinski definition) is 2. The summed E-state index contributed by atoms with van der Waals surface area (Å²) < 4.78 is 26.5. The van der Waals surface area contributed by atoms with Crippen LogP contribution < -0.4 is 10.6 Å². The molecule has 7 heteroatoms. The number of amides is 2. The van der Waals surface area contributed by atoms with Crippen molar-refractivity contribution in [1.82, 2.24) is 10.3 Å². The van der Waals surface area contributed by atoms with Gasteiger partial charge in [-0.2, -0.15) is 0 Å². The van der Waals surface area contributed by atoms with Gasteiger partial charge in [0.05, 0.1) is 6.04 Å². The van der Waals surface area contributed by atoms with E-state index >= 15 is 0 Å². The highest BCUT2D eigenvalue weighted by Gasteiger charge is 2.14. The van der Waals surface area contributed by atoms with Crippen molar-refractivity contribution in [2.24, 2.45) is 0 Å². The summed E-state index contributed by atoms with van der Waals surface area (Å²) in [6.45, 7) is 1.57. The third kappa shape index (κ3) is 3.47. The van der Waals surface area contributed by atoms with Crippen LogP contribution in [0.15, 0.2) is 29.8 Å². The first kappa shape index (κ1) is 13.4. The van der Waals surface area contributed by atoms with E-state index in [-0.39, 0.29) is 5.56 Å². The Bertz CT molecular complexity index is 574. The van der Waals surface area contributed by atoms with Crippen molar-refractivity contribution in [3.63, 3.8) is 0 Å². The summed E-state index contributed by atoms with van der Waals surface area (Å²) in [4.78, 5) is 15.5. The molecule has 0 spiro atoms. The Morgan fingerprint density at radius 3 is 2.89 bits per heavy atom. The Morgan fingerprint density at radius 1 is 1.42 bits per heavy atom. The van der Waals surface area contributed by atoms with Gasteiger partial charge in [0.25, 0.3) is 0 Å². The minimum atomic E-state index is -0.657. The maximum absolute atomic E-state index is 13.5. The Hall–Kier alpha value is -2.02. The van der Waals surface area contributed by atoms with Crippen LogP contribution in [-0.2, 0) is 0 Å². The maximum Gasteiger partial charge on any atom is 0.321 e. The predicted molar refractivity (Wildman–Crippen MR) is 69.0 cm³/mol. The van der Waals surface area contributed by atoms with Gasteiger partial charge in [0, 0.05) is 17.1 Å². The molecule has 2 aromatic rings. The number of anilines is 1. The number of nitrogens with zero attached hydrogens (tertiary/aromatic N) is 1. The van der Waals surface area contributed by atoms with Crippen LogP contribution >= 0.6 is 11.3 Å². The highest BCUT2D eigenvalue weighted by molar-refractivity contribution is 7.13. The zero-order chi connectivity index (χ0) is 13.8. The van der Waals surface area contributed by atoms with Gasteiger partial charge in [0.2, 0.25) is 0 Å². The van der Waals surface area contributed by atoms with Crippen molar-refractivity contribution in [2.45, 2.75) is 13.0 Å². The lowest BCUT2D eigenvalue weighted by atomic mass is 10.1. The number of halogens is 2. The van der Waals surface area contributed by atoms with Gasteiger partial charge < -0.3 is 5.32 Å². The number of aromatic nitrogens is 1. The van der Waals surface area contributed by atoms with Crippen LogP contribution in [0.1, 0.15) is 18.5 Å². The third-order valence-corrected chi connectivity index (χ3v) is 3.11. The van der Waals surface area contributed by atoms with Crippen molar-refractivity contribution in [3.05, 3.63) is 47.0 Å². The van der Waals surface area contributed by atoms with Crippen LogP contribution in [0.5, 0.6) is 0 Å². The first-order chi connectivity index (χ1) is 9.06. The fourth-order valence-electron chi connectivity index (χ4n) is 1.54. The molecule has 19 heavy (non-hydrogen) atoms. The van der Waals surface area contributed by atoms with E-state index in [0.29, 0.717) is 5.13 Å². The lowest BCUT2D eigenvalue weighted by Crippen LogP contribution is -2.31. The fourth-order valence-corrected chi connectivity index (χ4v) is 2.06. The minimum absolute atomic E-state index is 0.0919. The predicted octanol–water partition coefficient (Wildman–Crippen LogP) is 3.30. The SMILES string of the molecule is CC(NC(=O)Nc1nccs1)c1cc(F)ccc1F. The number of rotatable bonds is 3. The van der Waals surface area contributed by atoms with E-state index in [1.807, 2.05) is 0 Å². The number of carbonyl (C=O) groups excluding carboxylic acids is 1. The Kier molecular flexibility index (Phi) is 4.06. The first-order valence-corrected chi connectivity index (χ1v) is 6.36. The molecular formula is C12H11F2N3OS. The molecule has 100 valence electrons. The number of urea groups is 1. The van der Waals surface area contributed by atoms with E-state index in [9.17, 15) is 13.6 Å². The Labute approximate surface area is 112 Å². The number of hydrogen-bond acceptors (Lipinski definition) is 3. The van der Waals surface area contributed by atoms with Gasteiger partial charge in [-0.1, -0.05) is 0 Å². The molecule has 0 saturated carbocycles. The Balaban J connectivity index is 2.02. The van der Waals surface area contributed by atoms with Gasteiger partial charge in [0.1, 0.15) is 11.6 Å². The molecule has 0 radical (unpaired) electrons. The van der Waals surface area contributed by atoms with E-state index in [1.165, 1.54) is 11.3 Å². The highest BCUT2D eigenvalue weighted by Crippen LogP contribution is 2.18. The third-order valence-electron chi connectivity index (χ3n) is 2.42. The molecule has 2 rings (SSSR count). The van der Waals surface area contributed by atoms with E-state index in [2.05, 4.69) is 15.6 Å². The van der Waals surface area contributed by atoms with Crippen molar-refractivity contribution >= 4 is 22.5 Å². The van der Waals surface area contributed by atoms with Gasteiger partial charge in [0.15, 0.2) is 5.13 Å². The molecular weight excluding hydrogens is 272 g/mol. The first-order valence-electron chi connectivity index (χ1n) is 5.48. The molecule has 1 heterocycles. The summed E-state index contributed by atoms with van der Waals surface area (Å²) >= 11 is 1.26. The number of benzene rings is 1. The summed E-state index contributed by atoms with van der Waals surface area (Å²) in [5.74, 6) is -1.12. The van der Waals surface area contributed by atoms with Crippen molar-refractivity contribution < 1.29 is 13.6 Å². The molecule has 2 N–H and O–H groups in total. The molecule has 1 aromatic carbocycles. The minimum Gasteiger partial charge on any atom is -0.331 e. The van der Waals surface area contributed by atoms with Crippen LogP contribution in [0, 0.1) is 11.6 Å². The van der Waals surface area contributed by atoms with Crippen LogP contribution in [-0.4, -0.2) is 11.0 Å². The second-order valence-electron chi connectivity index (χ2n) is 3.82. The summed E-state index contributed by atoms with van der Waals surface area (Å²) in [6, 6.07) is 1.94. The molecule has 0 bridgehead atoms. The van der Waals surface area contributed by atoms with Crippen LogP contribution in [0.25, 0.3) is 0 Å². The quantitative estimate of drug-likeness (QED) is 0.908. The second-order valence-corrected chi connectivity index (χ2v) is 4.72. The molecule has 0 aliphatic heterocycles. The van der Waals surface area contributed by atoms with Gasteiger partial charge in [-0.05, 0) is 25.1 Å². The molecule has 1 aromatic heterocycles. The molecule has 4 nitrogen and oxygen atoms in total. The molecule has 0 saturated heterocycles. The molecule has 2 amide bonds. The maximum atomic E-state index is 13.5. The van der Waals surface area contributed by atoms with Crippen LogP contribution in [0.4, 0.5) is 18.7 Å². The summed E-state index contributed by atoms with van der Waals surface area (Å²) in [5, 5.41) is 7.16. The molecule has 1 unspecified atom stereocenters. The van der Waals surface area contributed by atoms with Gasteiger partial charge in [-0.15, -0.1) is 11.3 Å². The number of nitrogens with one attached hydrogen (secondary N) is 2. The zero-order valence-corrected chi connectivity index (χ0v) is 10.8. The largest absolute Gasteiger partial charge is 0.331 e. The normalized spacial score (nSPS) is 11.9. The lowest BCUT2D eigenvalue weighted by Gasteiger charge is -2.15. The summed E-state index contributed by atoms with van der Waals surface area (Å²) in [6.07, 6.45) is 1.55. The molecule has 0 aliphatic rings. The average molecular weight is 283 g/mol. The topological polar surface area (TPSA) is 54.0 Å². The second kappa shape index (κ2) is 5.75. The standard InChI is InChI=1S/C12H11F2N3OS/c1-7(9-6-8(13)2-3-10(9)14)16-11(18)17-12-15-4-5-19-12/h2-7H,1H3,(H2,15,16,17,18). The van der Waals surface area contributed by atoms with E-state index in [1.54, 1.807) is 18.5 Å². The Morgan fingerprint density at radius 2 is 2.21 bits per heavy atom. The summed E-state index contributed by atoms with van der Waals surface area (Å²) in [5.41, 5.74) is 0.0919. The van der Waals surface area contributed by atoms with Crippen molar-refractivity contribution in [1.29, 1.82) is 0 Å². The van der Waals surface area contributed by atoms with E-state index < -0.39 is 23.7 Å². The molecule has 0 aliphatic carbocycles. The van der Waals surface area contributed by atoms with Gasteiger partial charge in [-0.25, -0.2) is 18.6 Å². The monoisotopic (exact) mass is 283 g/mol. The van der Waals surface area contributed by atoms with Gasteiger partial charge >= 0.3 is 6.03 Å². The molecule has 1 atom stereocenters. The van der Waals surface area contributed by atoms with Crippen LogP contribution in [0.3, 0.4) is 0 Å². The van der Waals surface area contributed by atoms with Crippen molar-refractivity contribution in [2.75, 3.05) is 5.32 Å². The highest BCUT2D eigenvalue weighted by atomic mass is 32.1. The summed E-state index contributed by atoms with van der Waals surface area (Å²) in [7, 11) is 0. The van der Waals surface area contributed by atoms with E-state index in [4.69, 9.17) is 0 Å². The average Bonchev–Trinajstić information content (AvgIpc) is 2.84. The smallest absolute Gasteiger partial charge is 0.321 e. The van der Waals surface area contributed by atoms with Crippen LogP contribution in [0.2, 0.25) is 0 Å². The number of carbonyl (C=O) groups is 1. The number of thiazole rings is 1. The molecule has 0 fully saturated rings. The fraction of sp³-hybridized carbons (Fsp3) is 0.167. The lowest BCUT2D eigenvalue weighted by molar-refractivity contribution is 0.249. The van der Waals surface area contributed by atoms with E-state index in [0.717, 1.165) is 18.2 Å². The zero-order valence-electron chi connectivity index (χ0n) is 9.98. The van der Waals surface area contributed by atoms with Crippen molar-refractivity contribution in [3.8, 4) is 0 Å².